The van der Waals surface area contributed by atoms with Crippen LogP contribution in [0.1, 0.15) is 41.6 Å². The van der Waals surface area contributed by atoms with Crippen molar-refractivity contribution in [2.24, 2.45) is 0 Å². The summed E-state index contributed by atoms with van der Waals surface area (Å²) in [5, 5.41) is 0. The van der Waals surface area contributed by atoms with E-state index in [4.69, 9.17) is 9.40 Å². The SMILES string of the molecule is CC(=O)c1cccc(-c2ccc(-c3nc(CN4CCCC4)c(C)o3)cc2)c1. The highest BCUT2D eigenvalue weighted by Crippen LogP contribution is 2.27. The molecule has 3 aromatic rings. The van der Waals surface area contributed by atoms with Crippen LogP contribution in [0.2, 0.25) is 0 Å². The summed E-state index contributed by atoms with van der Waals surface area (Å²) in [6.45, 7) is 6.74. The molecule has 1 fully saturated rings. The maximum Gasteiger partial charge on any atom is 0.226 e. The first-order valence-corrected chi connectivity index (χ1v) is 9.50. The molecule has 1 aromatic heterocycles. The number of rotatable bonds is 5. The molecule has 138 valence electrons. The average molecular weight is 360 g/mol. The van der Waals surface area contributed by atoms with E-state index in [1.165, 1.54) is 12.8 Å². The van der Waals surface area contributed by atoms with Gasteiger partial charge in [0.05, 0.1) is 5.69 Å². The Morgan fingerprint density at radius 2 is 1.74 bits per heavy atom. The molecule has 1 aliphatic heterocycles. The summed E-state index contributed by atoms with van der Waals surface area (Å²) in [7, 11) is 0. The smallest absolute Gasteiger partial charge is 0.226 e. The first-order valence-electron chi connectivity index (χ1n) is 9.50. The van der Waals surface area contributed by atoms with Crippen molar-refractivity contribution in [3.63, 3.8) is 0 Å². The fourth-order valence-electron chi connectivity index (χ4n) is 3.57. The Balaban J connectivity index is 1.55. The van der Waals surface area contributed by atoms with Crippen molar-refractivity contribution in [2.45, 2.75) is 33.2 Å². The molecule has 4 heteroatoms. The summed E-state index contributed by atoms with van der Waals surface area (Å²) < 4.78 is 5.92. The second-order valence-corrected chi connectivity index (χ2v) is 7.22. The van der Waals surface area contributed by atoms with Crippen molar-refractivity contribution < 1.29 is 9.21 Å². The van der Waals surface area contributed by atoms with Crippen LogP contribution in [0.5, 0.6) is 0 Å². The van der Waals surface area contributed by atoms with Crippen molar-refractivity contribution in [1.82, 2.24) is 9.88 Å². The molecule has 0 saturated carbocycles. The molecular formula is C23H24N2O2. The molecule has 4 nitrogen and oxygen atoms in total. The number of likely N-dealkylation sites (tertiary alicyclic amines) is 1. The zero-order valence-corrected chi connectivity index (χ0v) is 15.9. The van der Waals surface area contributed by atoms with E-state index >= 15 is 0 Å². The third-order valence-corrected chi connectivity index (χ3v) is 5.20. The van der Waals surface area contributed by atoms with E-state index in [0.717, 1.165) is 53.3 Å². The highest BCUT2D eigenvalue weighted by molar-refractivity contribution is 5.95. The maximum atomic E-state index is 11.6. The van der Waals surface area contributed by atoms with Crippen LogP contribution in [0.3, 0.4) is 0 Å². The van der Waals surface area contributed by atoms with Gasteiger partial charge < -0.3 is 4.42 Å². The number of ketones is 1. The molecule has 0 N–H and O–H groups in total. The Kier molecular flexibility index (Phi) is 4.90. The van der Waals surface area contributed by atoms with Crippen molar-refractivity contribution in [1.29, 1.82) is 0 Å². The lowest BCUT2D eigenvalue weighted by molar-refractivity contribution is 0.101. The second-order valence-electron chi connectivity index (χ2n) is 7.22. The lowest BCUT2D eigenvalue weighted by Gasteiger charge is -2.12. The number of benzene rings is 2. The Bertz CT molecular complexity index is 951. The van der Waals surface area contributed by atoms with E-state index in [1.54, 1.807) is 6.92 Å². The minimum absolute atomic E-state index is 0.0780. The van der Waals surface area contributed by atoms with E-state index in [9.17, 15) is 4.79 Å². The standard InChI is InChI=1S/C23H24N2O2/c1-16(26)20-6-5-7-21(14-20)18-8-10-19(11-9-18)23-24-22(17(2)27-23)15-25-12-3-4-13-25/h5-11,14H,3-4,12-13,15H2,1-2H3. The monoisotopic (exact) mass is 360 g/mol. The number of carbonyl (C=O) groups is 1. The molecule has 0 spiro atoms. The van der Waals surface area contributed by atoms with Gasteiger partial charge in [0.2, 0.25) is 5.89 Å². The summed E-state index contributed by atoms with van der Waals surface area (Å²) in [6.07, 6.45) is 2.55. The van der Waals surface area contributed by atoms with Gasteiger partial charge in [0.1, 0.15) is 5.76 Å². The molecule has 0 bridgehead atoms. The number of nitrogens with zero attached hydrogens (tertiary/aromatic N) is 2. The predicted octanol–water partition coefficient (Wildman–Crippen LogP) is 5.12. The molecule has 0 unspecified atom stereocenters. The quantitative estimate of drug-likeness (QED) is 0.593. The lowest BCUT2D eigenvalue weighted by Crippen LogP contribution is -2.19. The van der Waals surface area contributed by atoms with E-state index < -0.39 is 0 Å². The normalized spacial score (nSPS) is 14.6. The summed E-state index contributed by atoms with van der Waals surface area (Å²) in [5.41, 5.74) is 4.84. The van der Waals surface area contributed by atoms with Gasteiger partial charge in [-0.2, -0.15) is 0 Å². The van der Waals surface area contributed by atoms with Gasteiger partial charge in [0.25, 0.3) is 0 Å². The minimum atomic E-state index is 0.0780. The molecule has 1 saturated heterocycles. The summed E-state index contributed by atoms with van der Waals surface area (Å²) in [6, 6.07) is 15.9. The lowest BCUT2D eigenvalue weighted by atomic mass is 10.0. The van der Waals surface area contributed by atoms with Crippen molar-refractivity contribution in [3.8, 4) is 22.6 Å². The van der Waals surface area contributed by atoms with E-state index in [2.05, 4.69) is 4.90 Å². The fraction of sp³-hybridized carbons (Fsp3) is 0.304. The van der Waals surface area contributed by atoms with Gasteiger partial charge in [0, 0.05) is 17.7 Å². The third kappa shape index (κ3) is 3.86. The number of aryl methyl sites for hydroxylation is 1. The summed E-state index contributed by atoms with van der Waals surface area (Å²) in [5.74, 6) is 1.65. The van der Waals surface area contributed by atoms with E-state index in [0.29, 0.717) is 5.89 Å². The summed E-state index contributed by atoms with van der Waals surface area (Å²) >= 11 is 0. The maximum absolute atomic E-state index is 11.6. The number of hydrogen-bond donors (Lipinski definition) is 0. The zero-order valence-electron chi connectivity index (χ0n) is 15.9. The van der Waals surface area contributed by atoms with Crippen LogP contribution in [-0.2, 0) is 6.54 Å². The van der Waals surface area contributed by atoms with Gasteiger partial charge in [-0.3, -0.25) is 9.69 Å². The van der Waals surface area contributed by atoms with Crippen molar-refractivity contribution in [2.75, 3.05) is 13.1 Å². The van der Waals surface area contributed by atoms with Crippen LogP contribution in [0.25, 0.3) is 22.6 Å². The van der Waals surface area contributed by atoms with E-state index in [-0.39, 0.29) is 5.78 Å². The number of Topliss-reactive ketones (excluding diaryl/α,β-unsaturated/α-hetero) is 1. The van der Waals surface area contributed by atoms with Gasteiger partial charge in [0.15, 0.2) is 5.78 Å². The van der Waals surface area contributed by atoms with Gasteiger partial charge in [-0.15, -0.1) is 0 Å². The Morgan fingerprint density at radius 3 is 2.44 bits per heavy atom. The molecule has 4 rings (SSSR count). The highest BCUT2D eigenvalue weighted by atomic mass is 16.4. The Morgan fingerprint density at radius 1 is 1.04 bits per heavy atom. The number of oxazole rings is 1. The topological polar surface area (TPSA) is 46.3 Å². The fourth-order valence-corrected chi connectivity index (χ4v) is 3.57. The molecule has 2 aromatic carbocycles. The molecule has 0 atom stereocenters. The summed E-state index contributed by atoms with van der Waals surface area (Å²) in [4.78, 5) is 18.8. The molecule has 0 amide bonds. The number of hydrogen-bond acceptors (Lipinski definition) is 4. The molecule has 27 heavy (non-hydrogen) atoms. The van der Waals surface area contributed by atoms with Crippen molar-refractivity contribution >= 4 is 5.78 Å². The Hall–Kier alpha value is -2.72. The predicted molar refractivity (Wildman–Crippen MR) is 107 cm³/mol. The Labute approximate surface area is 159 Å². The van der Waals surface area contributed by atoms with Crippen LogP contribution in [0.15, 0.2) is 52.9 Å². The largest absolute Gasteiger partial charge is 0.441 e. The first kappa shape index (κ1) is 17.7. The zero-order chi connectivity index (χ0) is 18.8. The van der Waals surface area contributed by atoms with Crippen LogP contribution in [0, 0.1) is 6.92 Å². The molecule has 0 aliphatic carbocycles. The van der Waals surface area contributed by atoms with Crippen LogP contribution < -0.4 is 0 Å². The van der Waals surface area contributed by atoms with Gasteiger partial charge in [-0.1, -0.05) is 30.3 Å². The van der Waals surface area contributed by atoms with E-state index in [1.807, 2.05) is 55.5 Å². The van der Waals surface area contributed by atoms with Gasteiger partial charge in [-0.25, -0.2) is 4.98 Å². The van der Waals surface area contributed by atoms with Gasteiger partial charge >= 0.3 is 0 Å². The highest BCUT2D eigenvalue weighted by Gasteiger charge is 2.17. The van der Waals surface area contributed by atoms with Gasteiger partial charge in [-0.05, 0) is 69.1 Å². The molecular weight excluding hydrogens is 336 g/mol. The molecule has 1 aliphatic rings. The van der Waals surface area contributed by atoms with Crippen LogP contribution in [-0.4, -0.2) is 28.8 Å². The number of carbonyl (C=O) groups excluding carboxylic acids is 1. The third-order valence-electron chi connectivity index (χ3n) is 5.20. The molecule has 2 heterocycles. The molecule has 0 radical (unpaired) electrons. The first-order chi connectivity index (χ1) is 13.1. The average Bonchev–Trinajstić information content (AvgIpc) is 3.32. The number of aromatic nitrogens is 1. The second kappa shape index (κ2) is 7.49. The van der Waals surface area contributed by atoms with Crippen LogP contribution in [0.4, 0.5) is 0 Å². The van der Waals surface area contributed by atoms with Crippen molar-refractivity contribution in [3.05, 3.63) is 65.5 Å². The minimum Gasteiger partial charge on any atom is -0.441 e. The van der Waals surface area contributed by atoms with Crippen LogP contribution >= 0.6 is 0 Å².